The molecule has 1 aromatic heterocycles. The Hall–Kier alpha value is -3.28. The van der Waals surface area contributed by atoms with E-state index in [0.29, 0.717) is 13.0 Å². The number of nitrogen functional groups attached to an aromatic ring is 1. The van der Waals surface area contributed by atoms with Crippen molar-refractivity contribution in [2.24, 2.45) is 0 Å². The van der Waals surface area contributed by atoms with Crippen molar-refractivity contribution < 1.29 is 9.18 Å². The van der Waals surface area contributed by atoms with Crippen molar-refractivity contribution in [2.75, 3.05) is 18.8 Å². The van der Waals surface area contributed by atoms with Crippen LogP contribution >= 0.6 is 0 Å². The molecule has 6 heteroatoms. The van der Waals surface area contributed by atoms with Crippen molar-refractivity contribution in [2.45, 2.75) is 38.0 Å². The summed E-state index contributed by atoms with van der Waals surface area (Å²) in [4.78, 5) is 23.4. The van der Waals surface area contributed by atoms with E-state index in [1.807, 2.05) is 29.2 Å². The highest BCUT2D eigenvalue weighted by molar-refractivity contribution is 5.76. The number of aromatic nitrogens is 2. The monoisotopic (exact) mass is 418 g/mol. The van der Waals surface area contributed by atoms with Gasteiger partial charge in [0.05, 0.1) is 5.69 Å². The Kier molecular flexibility index (Phi) is 6.55. The predicted octanol–water partition coefficient (Wildman–Crippen LogP) is 4.59. The molecule has 0 radical (unpaired) electrons. The van der Waals surface area contributed by atoms with E-state index >= 15 is 0 Å². The number of anilines is 1. The van der Waals surface area contributed by atoms with Gasteiger partial charge in [0.1, 0.15) is 5.82 Å². The summed E-state index contributed by atoms with van der Waals surface area (Å²) in [6.45, 7) is 1.36. The zero-order valence-corrected chi connectivity index (χ0v) is 17.5. The van der Waals surface area contributed by atoms with Crippen LogP contribution in [0.4, 0.5) is 10.3 Å². The maximum absolute atomic E-state index is 13.8. The van der Waals surface area contributed by atoms with Crippen molar-refractivity contribution in [1.29, 1.82) is 0 Å². The third-order valence-electron chi connectivity index (χ3n) is 5.83. The number of hydrogen-bond donors (Lipinski definition) is 1. The van der Waals surface area contributed by atoms with Gasteiger partial charge in [-0.3, -0.25) is 4.79 Å². The Balaban J connectivity index is 1.46. The lowest BCUT2D eigenvalue weighted by Gasteiger charge is -2.33. The van der Waals surface area contributed by atoms with E-state index in [9.17, 15) is 9.18 Å². The van der Waals surface area contributed by atoms with E-state index in [2.05, 4.69) is 22.1 Å². The van der Waals surface area contributed by atoms with Crippen molar-refractivity contribution in [3.8, 4) is 11.1 Å². The van der Waals surface area contributed by atoms with Crippen LogP contribution in [0.1, 0.15) is 42.9 Å². The smallest absolute Gasteiger partial charge is 0.222 e. The van der Waals surface area contributed by atoms with Gasteiger partial charge in [0, 0.05) is 37.2 Å². The second kappa shape index (κ2) is 9.69. The first-order valence-corrected chi connectivity index (χ1v) is 10.8. The quantitative estimate of drug-likeness (QED) is 0.635. The number of piperidine rings is 1. The Morgan fingerprint density at radius 1 is 1.16 bits per heavy atom. The van der Waals surface area contributed by atoms with Gasteiger partial charge in [0.25, 0.3) is 0 Å². The second-order valence-corrected chi connectivity index (χ2v) is 8.06. The van der Waals surface area contributed by atoms with E-state index in [1.54, 1.807) is 12.3 Å². The van der Waals surface area contributed by atoms with E-state index in [4.69, 9.17) is 5.73 Å². The van der Waals surface area contributed by atoms with E-state index in [0.717, 1.165) is 49.0 Å². The number of nitrogens with zero attached hydrogens (tertiary/aromatic N) is 3. The summed E-state index contributed by atoms with van der Waals surface area (Å²) in [7, 11) is 0. The number of nitrogens with two attached hydrogens (primary N) is 1. The van der Waals surface area contributed by atoms with Crippen molar-refractivity contribution in [1.82, 2.24) is 14.9 Å². The molecule has 0 spiro atoms. The second-order valence-electron chi connectivity index (χ2n) is 8.06. The molecule has 1 unspecified atom stereocenters. The molecule has 0 saturated carbocycles. The van der Waals surface area contributed by atoms with Crippen LogP contribution in [0.15, 0.2) is 60.8 Å². The van der Waals surface area contributed by atoms with Gasteiger partial charge in [-0.25, -0.2) is 14.4 Å². The summed E-state index contributed by atoms with van der Waals surface area (Å²) in [6.07, 6.45) is 5.74. The molecular weight excluding hydrogens is 391 g/mol. The fourth-order valence-electron chi connectivity index (χ4n) is 4.27. The Labute approximate surface area is 182 Å². The molecular formula is C25H27FN4O. The maximum atomic E-state index is 13.8. The zero-order chi connectivity index (χ0) is 21.6. The van der Waals surface area contributed by atoms with Crippen molar-refractivity contribution in [3.05, 3.63) is 77.9 Å². The third kappa shape index (κ3) is 5.26. The first kappa shape index (κ1) is 21.0. The first-order valence-electron chi connectivity index (χ1n) is 10.8. The number of carbonyl (C=O) groups excluding carboxylic acids is 1. The standard InChI is InChI=1S/C25H27FN4O/c26-21-12-5-10-19(15-21)22-16-28-25(27)29-24(22)20-11-6-14-30(17-20)23(31)13-4-9-18-7-2-1-3-8-18/h1-3,5,7-8,10,12,15-16,20H,4,6,9,11,13-14,17H2,(H2,27,28,29). The fraction of sp³-hybridized carbons (Fsp3) is 0.320. The number of amides is 1. The van der Waals surface area contributed by atoms with E-state index < -0.39 is 0 Å². The summed E-state index contributed by atoms with van der Waals surface area (Å²) < 4.78 is 13.8. The SMILES string of the molecule is Nc1ncc(-c2cccc(F)c2)c(C2CCCN(C(=O)CCCc3ccccc3)C2)n1. The van der Waals surface area contributed by atoms with Gasteiger partial charge in [0.2, 0.25) is 11.9 Å². The third-order valence-corrected chi connectivity index (χ3v) is 5.83. The highest BCUT2D eigenvalue weighted by atomic mass is 19.1. The average molecular weight is 419 g/mol. The predicted molar refractivity (Wildman–Crippen MR) is 120 cm³/mol. The largest absolute Gasteiger partial charge is 0.368 e. The van der Waals surface area contributed by atoms with Crippen molar-refractivity contribution in [3.63, 3.8) is 0 Å². The van der Waals surface area contributed by atoms with E-state index in [-0.39, 0.29) is 23.6 Å². The molecule has 0 aliphatic carbocycles. The molecule has 2 N–H and O–H groups in total. The molecule has 160 valence electrons. The Bertz CT molecular complexity index is 1040. The first-order chi connectivity index (χ1) is 15.1. The van der Waals surface area contributed by atoms with Crippen LogP contribution in [0.5, 0.6) is 0 Å². The molecule has 0 bridgehead atoms. The number of rotatable bonds is 6. The van der Waals surface area contributed by atoms with Gasteiger partial charge in [0.15, 0.2) is 0 Å². The van der Waals surface area contributed by atoms with E-state index in [1.165, 1.54) is 17.7 Å². The number of carbonyl (C=O) groups is 1. The number of hydrogen-bond acceptors (Lipinski definition) is 4. The lowest BCUT2D eigenvalue weighted by Crippen LogP contribution is -2.39. The van der Waals surface area contributed by atoms with Crippen LogP contribution < -0.4 is 5.73 Å². The minimum atomic E-state index is -0.306. The number of aryl methyl sites for hydroxylation is 1. The normalized spacial score (nSPS) is 16.3. The summed E-state index contributed by atoms with van der Waals surface area (Å²) in [5.41, 5.74) is 9.42. The molecule has 1 saturated heterocycles. The molecule has 1 atom stereocenters. The van der Waals surface area contributed by atoms with Crippen LogP contribution in [0.25, 0.3) is 11.1 Å². The molecule has 2 aromatic carbocycles. The highest BCUT2D eigenvalue weighted by Crippen LogP contribution is 2.33. The van der Waals surface area contributed by atoms with Gasteiger partial charge >= 0.3 is 0 Å². The molecule has 1 fully saturated rings. The molecule has 2 heterocycles. The Morgan fingerprint density at radius 3 is 2.81 bits per heavy atom. The highest BCUT2D eigenvalue weighted by Gasteiger charge is 2.28. The fourth-order valence-corrected chi connectivity index (χ4v) is 4.27. The van der Waals surface area contributed by atoms with Gasteiger partial charge in [-0.1, -0.05) is 42.5 Å². The van der Waals surface area contributed by atoms with Crippen molar-refractivity contribution >= 4 is 11.9 Å². The van der Waals surface area contributed by atoms with Gasteiger partial charge in [-0.2, -0.15) is 0 Å². The minimum absolute atomic E-state index is 0.0513. The minimum Gasteiger partial charge on any atom is -0.368 e. The molecule has 4 rings (SSSR count). The molecule has 31 heavy (non-hydrogen) atoms. The summed E-state index contributed by atoms with van der Waals surface area (Å²) in [5.74, 6) is 0.117. The molecule has 1 aliphatic heterocycles. The molecule has 1 aliphatic rings. The van der Waals surface area contributed by atoms with Crippen LogP contribution in [-0.2, 0) is 11.2 Å². The number of halogens is 1. The number of likely N-dealkylation sites (tertiary alicyclic amines) is 1. The maximum Gasteiger partial charge on any atom is 0.222 e. The average Bonchev–Trinajstić information content (AvgIpc) is 2.80. The lowest BCUT2D eigenvalue weighted by molar-refractivity contribution is -0.132. The summed E-state index contributed by atoms with van der Waals surface area (Å²) in [6, 6.07) is 16.6. The molecule has 1 amide bonds. The van der Waals surface area contributed by atoms with Gasteiger partial charge < -0.3 is 10.6 Å². The van der Waals surface area contributed by atoms with Gasteiger partial charge in [-0.15, -0.1) is 0 Å². The Morgan fingerprint density at radius 2 is 2.00 bits per heavy atom. The summed E-state index contributed by atoms with van der Waals surface area (Å²) in [5, 5.41) is 0. The zero-order valence-electron chi connectivity index (χ0n) is 17.5. The molecule has 3 aromatic rings. The van der Waals surface area contributed by atoms with Crippen LogP contribution in [-0.4, -0.2) is 33.9 Å². The molecule has 5 nitrogen and oxygen atoms in total. The van der Waals surface area contributed by atoms with Gasteiger partial charge in [-0.05, 0) is 48.9 Å². The topological polar surface area (TPSA) is 72.1 Å². The van der Waals surface area contributed by atoms with Crippen LogP contribution in [0.2, 0.25) is 0 Å². The van der Waals surface area contributed by atoms with Crippen LogP contribution in [0.3, 0.4) is 0 Å². The lowest BCUT2D eigenvalue weighted by atomic mass is 9.89. The van der Waals surface area contributed by atoms with Crippen LogP contribution in [0, 0.1) is 5.82 Å². The number of benzene rings is 2. The summed E-state index contributed by atoms with van der Waals surface area (Å²) >= 11 is 0.